The lowest BCUT2D eigenvalue weighted by Gasteiger charge is -2.12. The molecule has 0 bridgehead atoms. The summed E-state index contributed by atoms with van der Waals surface area (Å²) in [5.74, 6) is 1.41. The minimum Gasteiger partial charge on any atom is -0.384 e. The van der Waals surface area contributed by atoms with Crippen LogP contribution >= 0.6 is 0 Å². The molecule has 0 spiro atoms. The van der Waals surface area contributed by atoms with Crippen molar-refractivity contribution in [1.82, 2.24) is 14.1 Å². The SMILES string of the molecule is N=C(N)c1ccc(Cn2ccc3nc(C4CC4)n(Cc4ccc5ccc(C(=N)N)cc5c4)c3c2=O)cc1. The van der Waals surface area contributed by atoms with Gasteiger partial charge in [-0.15, -0.1) is 0 Å². The van der Waals surface area contributed by atoms with E-state index in [0.29, 0.717) is 35.7 Å². The smallest absolute Gasteiger partial charge is 0.277 e. The zero-order valence-corrected chi connectivity index (χ0v) is 20.2. The van der Waals surface area contributed by atoms with Gasteiger partial charge in [0.2, 0.25) is 0 Å². The Labute approximate surface area is 213 Å². The normalized spacial score (nSPS) is 13.3. The molecule has 2 heterocycles. The zero-order valence-electron chi connectivity index (χ0n) is 20.2. The van der Waals surface area contributed by atoms with Crippen molar-refractivity contribution in [3.05, 3.63) is 111 Å². The number of hydrogen-bond acceptors (Lipinski definition) is 4. The molecular formula is C29H27N7O. The second-order valence-corrected chi connectivity index (χ2v) is 9.73. The first-order chi connectivity index (χ1) is 17.9. The monoisotopic (exact) mass is 489 g/mol. The van der Waals surface area contributed by atoms with Crippen LogP contribution in [-0.2, 0) is 13.1 Å². The van der Waals surface area contributed by atoms with Crippen molar-refractivity contribution < 1.29 is 0 Å². The summed E-state index contributed by atoms with van der Waals surface area (Å²) < 4.78 is 3.79. The van der Waals surface area contributed by atoms with Gasteiger partial charge in [-0.05, 0) is 52.9 Å². The topological polar surface area (TPSA) is 140 Å². The average molecular weight is 490 g/mol. The second kappa shape index (κ2) is 8.74. The highest BCUT2D eigenvalue weighted by atomic mass is 16.1. The maximum absolute atomic E-state index is 13.7. The minimum atomic E-state index is -0.0767. The highest BCUT2D eigenvalue weighted by Crippen LogP contribution is 2.40. The fraction of sp³-hybridized carbons (Fsp3) is 0.172. The highest BCUT2D eigenvalue weighted by Gasteiger charge is 2.30. The van der Waals surface area contributed by atoms with Gasteiger partial charge in [0.05, 0.1) is 12.1 Å². The number of pyridine rings is 1. The average Bonchev–Trinajstić information content (AvgIpc) is 3.67. The largest absolute Gasteiger partial charge is 0.384 e. The van der Waals surface area contributed by atoms with E-state index in [1.54, 1.807) is 22.9 Å². The third kappa shape index (κ3) is 4.27. The molecule has 6 rings (SSSR count). The Kier molecular flexibility index (Phi) is 5.37. The quantitative estimate of drug-likeness (QED) is 0.203. The molecule has 0 atom stereocenters. The molecule has 37 heavy (non-hydrogen) atoms. The molecular weight excluding hydrogens is 462 g/mol. The third-order valence-corrected chi connectivity index (χ3v) is 7.02. The fourth-order valence-electron chi connectivity index (χ4n) is 4.86. The minimum absolute atomic E-state index is 0.0212. The molecule has 6 N–H and O–H groups in total. The van der Waals surface area contributed by atoms with Crippen LogP contribution in [0, 0.1) is 10.8 Å². The Balaban J connectivity index is 1.41. The summed E-state index contributed by atoms with van der Waals surface area (Å²) in [6, 6.07) is 21.3. The number of imidazole rings is 1. The number of benzene rings is 3. The Morgan fingerprint density at radius 3 is 2.22 bits per heavy atom. The van der Waals surface area contributed by atoms with Crippen molar-refractivity contribution >= 4 is 33.5 Å². The molecule has 1 fully saturated rings. The lowest BCUT2D eigenvalue weighted by atomic mass is 10.0. The second-order valence-electron chi connectivity index (χ2n) is 9.73. The molecule has 1 saturated carbocycles. The number of nitrogens with one attached hydrogen (secondary N) is 2. The lowest BCUT2D eigenvalue weighted by molar-refractivity contribution is 0.726. The standard InChI is InChI=1S/C29H27N7O/c30-26(31)20-5-1-17(2-6-20)15-35-12-11-24-25(29(35)37)36(28(34-24)21-8-9-21)16-18-3-4-19-7-10-22(27(32)33)14-23(19)13-18/h1-7,10-14,21H,8-9,15-16H2,(H3,30,31)(H3,32,33). The number of nitrogens with zero attached hydrogens (tertiary/aromatic N) is 3. The van der Waals surface area contributed by atoms with Gasteiger partial charge in [0, 0.05) is 29.8 Å². The molecule has 2 aromatic heterocycles. The first-order valence-electron chi connectivity index (χ1n) is 12.3. The number of nitrogens with two attached hydrogens (primary N) is 2. The van der Waals surface area contributed by atoms with Crippen LogP contribution in [0.15, 0.2) is 77.7 Å². The molecule has 0 amide bonds. The van der Waals surface area contributed by atoms with Crippen molar-refractivity contribution in [2.45, 2.75) is 31.8 Å². The molecule has 5 aromatic rings. The zero-order chi connectivity index (χ0) is 25.7. The maximum atomic E-state index is 13.7. The summed E-state index contributed by atoms with van der Waals surface area (Å²) in [6.45, 7) is 0.954. The Hall–Kier alpha value is -4.72. The number of amidine groups is 2. The van der Waals surface area contributed by atoms with Gasteiger partial charge >= 0.3 is 0 Å². The number of fused-ring (bicyclic) bond motifs is 2. The van der Waals surface area contributed by atoms with Gasteiger partial charge in [-0.1, -0.05) is 48.5 Å². The summed E-state index contributed by atoms with van der Waals surface area (Å²) in [7, 11) is 0. The Morgan fingerprint density at radius 1 is 0.838 bits per heavy atom. The van der Waals surface area contributed by atoms with Crippen molar-refractivity contribution in [3.63, 3.8) is 0 Å². The third-order valence-electron chi connectivity index (χ3n) is 7.02. The van der Waals surface area contributed by atoms with Crippen LogP contribution in [0.25, 0.3) is 21.8 Å². The first kappa shape index (κ1) is 22.7. The van der Waals surface area contributed by atoms with Gasteiger partial charge in [-0.2, -0.15) is 0 Å². The van der Waals surface area contributed by atoms with Crippen LogP contribution in [-0.4, -0.2) is 25.8 Å². The molecule has 1 aliphatic rings. The van der Waals surface area contributed by atoms with E-state index < -0.39 is 0 Å². The van der Waals surface area contributed by atoms with E-state index in [9.17, 15) is 4.79 Å². The molecule has 1 aliphatic carbocycles. The van der Waals surface area contributed by atoms with E-state index in [2.05, 4.69) is 22.8 Å². The van der Waals surface area contributed by atoms with Gasteiger partial charge in [0.15, 0.2) is 0 Å². The molecule has 0 radical (unpaired) electrons. The van der Waals surface area contributed by atoms with Crippen molar-refractivity contribution in [2.75, 3.05) is 0 Å². The van der Waals surface area contributed by atoms with Crippen LogP contribution < -0.4 is 17.0 Å². The van der Waals surface area contributed by atoms with E-state index in [4.69, 9.17) is 27.3 Å². The van der Waals surface area contributed by atoms with E-state index in [1.165, 1.54) is 0 Å². The van der Waals surface area contributed by atoms with Crippen LogP contribution in [0.1, 0.15) is 46.8 Å². The molecule has 3 aromatic carbocycles. The van der Waals surface area contributed by atoms with Gasteiger partial charge < -0.3 is 20.6 Å². The Morgan fingerprint density at radius 2 is 1.51 bits per heavy atom. The molecule has 0 saturated heterocycles. The summed E-state index contributed by atoms with van der Waals surface area (Å²) in [4.78, 5) is 18.6. The fourth-order valence-corrected chi connectivity index (χ4v) is 4.86. The summed E-state index contributed by atoms with van der Waals surface area (Å²) in [5.41, 5.74) is 15.9. The molecule has 8 nitrogen and oxygen atoms in total. The number of hydrogen-bond donors (Lipinski definition) is 4. The Bertz CT molecular complexity index is 1760. The number of rotatable bonds is 7. The molecule has 8 heteroatoms. The summed E-state index contributed by atoms with van der Waals surface area (Å²) >= 11 is 0. The molecule has 184 valence electrons. The van der Waals surface area contributed by atoms with E-state index in [1.807, 2.05) is 36.4 Å². The maximum Gasteiger partial charge on any atom is 0.277 e. The van der Waals surface area contributed by atoms with Crippen LogP contribution in [0.2, 0.25) is 0 Å². The first-order valence-corrected chi connectivity index (χ1v) is 12.3. The van der Waals surface area contributed by atoms with E-state index in [-0.39, 0.29) is 17.2 Å². The summed E-state index contributed by atoms with van der Waals surface area (Å²) in [5, 5.41) is 17.4. The molecule has 0 unspecified atom stereocenters. The van der Waals surface area contributed by atoms with Crippen molar-refractivity contribution in [2.24, 2.45) is 11.5 Å². The van der Waals surface area contributed by atoms with Crippen molar-refractivity contribution in [3.8, 4) is 0 Å². The number of nitrogen functional groups attached to an aromatic ring is 2. The summed E-state index contributed by atoms with van der Waals surface area (Å²) in [6.07, 6.45) is 3.97. The van der Waals surface area contributed by atoms with Gasteiger partial charge in [-0.3, -0.25) is 15.6 Å². The van der Waals surface area contributed by atoms with Gasteiger partial charge in [0.25, 0.3) is 5.56 Å². The van der Waals surface area contributed by atoms with Crippen LogP contribution in [0.4, 0.5) is 0 Å². The van der Waals surface area contributed by atoms with Crippen molar-refractivity contribution in [1.29, 1.82) is 10.8 Å². The lowest BCUT2D eigenvalue weighted by Crippen LogP contribution is -2.22. The van der Waals surface area contributed by atoms with E-state index >= 15 is 0 Å². The predicted molar refractivity (Wildman–Crippen MR) is 147 cm³/mol. The van der Waals surface area contributed by atoms with Gasteiger partial charge in [-0.25, -0.2) is 4.98 Å². The predicted octanol–water partition coefficient (Wildman–Crippen LogP) is 3.89. The van der Waals surface area contributed by atoms with Crippen LogP contribution in [0.5, 0.6) is 0 Å². The van der Waals surface area contributed by atoms with Gasteiger partial charge in [0.1, 0.15) is 23.0 Å². The number of aromatic nitrogens is 3. The van der Waals surface area contributed by atoms with Crippen LogP contribution in [0.3, 0.4) is 0 Å². The molecule has 0 aliphatic heterocycles. The highest BCUT2D eigenvalue weighted by molar-refractivity contribution is 5.99. The van der Waals surface area contributed by atoms with E-state index in [0.717, 1.165) is 46.1 Å².